The molecule has 1 aliphatic heterocycles. The number of nitrogens with zero attached hydrogens (tertiary/aromatic N) is 1. The van der Waals surface area contributed by atoms with Crippen molar-refractivity contribution in [2.24, 2.45) is 11.7 Å². The van der Waals surface area contributed by atoms with Crippen LogP contribution in [0.25, 0.3) is 0 Å². The second-order valence-electron chi connectivity index (χ2n) is 6.75. The Morgan fingerprint density at radius 1 is 1.41 bits per heavy atom. The van der Waals surface area contributed by atoms with Crippen molar-refractivity contribution in [1.29, 1.82) is 0 Å². The monoisotopic (exact) mass is 325 g/mol. The molecule has 2 rings (SSSR count). The minimum Gasteiger partial charge on any atom is -0.352 e. The Kier molecular flexibility index (Phi) is 6.85. The Bertz CT molecular complexity index is 473. The van der Waals surface area contributed by atoms with E-state index in [9.17, 15) is 4.79 Å². The molecule has 1 aromatic rings. The molecule has 1 saturated heterocycles. The molecule has 1 amide bonds. The van der Waals surface area contributed by atoms with Gasteiger partial charge in [-0.15, -0.1) is 12.4 Å². The molecule has 3 N–H and O–H groups in total. The number of carbonyl (C=O) groups excluding carboxylic acids is 1. The van der Waals surface area contributed by atoms with Crippen LogP contribution in [0.15, 0.2) is 30.3 Å². The number of likely N-dealkylation sites (tertiary alicyclic amines) is 1. The van der Waals surface area contributed by atoms with E-state index in [0.717, 1.165) is 26.1 Å². The van der Waals surface area contributed by atoms with Gasteiger partial charge >= 0.3 is 0 Å². The summed E-state index contributed by atoms with van der Waals surface area (Å²) >= 11 is 0. The van der Waals surface area contributed by atoms with Gasteiger partial charge in [-0.25, -0.2) is 0 Å². The van der Waals surface area contributed by atoms with E-state index in [1.54, 1.807) is 13.8 Å². The lowest BCUT2D eigenvalue weighted by molar-refractivity contribution is -0.126. The molecule has 1 aromatic carbocycles. The summed E-state index contributed by atoms with van der Waals surface area (Å²) in [5, 5.41) is 3.06. The number of rotatable bonds is 5. The minimum absolute atomic E-state index is 0. The van der Waals surface area contributed by atoms with E-state index in [0.29, 0.717) is 5.92 Å². The van der Waals surface area contributed by atoms with Crippen molar-refractivity contribution in [2.75, 3.05) is 13.1 Å². The van der Waals surface area contributed by atoms with E-state index in [4.69, 9.17) is 5.73 Å². The first kappa shape index (κ1) is 18.9. The molecule has 5 heteroatoms. The molecule has 0 aromatic heterocycles. The topological polar surface area (TPSA) is 58.4 Å². The van der Waals surface area contributed by atoms with Crippen LogP contribution in [0.2, 0.25) is 0 Å². The van der Waals surface area contributed by atoms with Gasteiger partial charge in [0.05, 0.1) is 5.54 Å². The summed E-state index contributed by atoms with van der Waals surface area (Å²) in [6.07, 6.45) is 1.12. The van der Waals surface area contributed by atoms with Crippen molar-refractivity contribution in [1.82, 2.24) is 10.2 Å². The molecule has 2 unspecified atom stereocenters. The summed E-state index contributed by atoms with van der Waals surface area (Å²) < 4.78 is 0. The summed E-state index contributed by atoms with van der Waals surface area (Å²) in [6, 6.07) is 10.7. The third kappa shape index (κ3) is 5.27. The molecule has 2 atom stereocenters. The smallest absolute Gasteiger partial charge is 0.239 e. The van der Waals surface area contributed by atoms with E-state index in [-0.39, 0.29) is 24.4 Å². The SMILES string of the molecule is CC(NC(=O)C(C)(C)N)C1CCN(Cc2ccccc2)C1.Cl. The number of hydrogen-bond donors (Lipinski definition) is 2. The third-order valence-corrected chi connectivity index (χ3v) is 4.21. The maximum Gasteiger partial charge on any atom is 0.239 e. The highest BCUT2D eigenvalue weighted by Crippen LogP contribution is 2.21. The molecule has 4 nitrogen and oxygen atoms in total. The van der Waals surface area contributed by atoms with Crippen LogP contribution >= 0.6 is 12.4 Å². The van der Waals surface area contributed by atoms with Gasteiger partial charge < -0.3 is 11.1 Å². The number of nitrogens with one attached hydrogen (secondary N) is 1. The van der Waals surface area contributed by atoms with E-state index < -0.39 is 5.54 Å². The number of halogens is 1. The van der Waals surface area contributed by atoms with E-state index in [2.05, 4.69) is 41.4 Å². The Labute approximate surface area is 139 Å². The Morgan fingerprint density at radius 3 is 2.64 bits per heavy atom. The average molecular weight is 326 g/mol. The third-order valence-electron chi connectivity index (χ3n) is 4.21. The van der Waals surface area contributed by atoms with Crippen LogP contribution in [-0.4, -0.2) is 35.5 Å². The molecule has 1 aliphatic rings. The van der Waals surface area contributed by atoms with Crippen LogP contribution < -0.4 is 11.1 Å². The summed E-state index contributed by atoms with van der Waals surface area (Å²) in [4.78, 5) is 14.4. The number of amides is 1. The summed E-state index contributed by atoms with van der Waals surface area (Å²) in [5.74, 6) is 0.427. The molecule has 0 bridgehead atoms. The van der Waals surface area contributed by atoms with Crippen LogP contribution in [-0.2, 0) is 11.3 Å². The van der Waals surface area contributed by atoms with Crippen LogP contribution in [0.1, 0.15) is 32.8 Å². The standard InChI is InChI=1S/C17H27N3O.ClH/c1-13(19-16(21)17(2,3)18)15-9-10-20(12-15)11-14-7-5-4-6-8-14;/h4-8,13,15H,9-12,18H2,1-3H3,(H,19,21);1H. The maximum atomic E-state index is 12.0. The van der Waals surface area contributed by atoms with Crippen molar-refractivity contribution in [3.63, 3.8) is 0 Å². The zero-order chi connectivity index (χ0) is 15.5. The highest BCUT2D eigenvalue weighted by Gasteiger charge is 2.30. The van der Waals surface area contributed by atoms with Gasteiger partial charge in [-0.2, -0.15) is 0 Å². The minimum atomic E-state index is -0.809. The molecule has 0 radical (unpaired) electrons. The highest BCUT2D eigenvalue weighted by molar-refractivity contribution is 5.85. The lowest BCUT2D eigenvalue weighted by Gasteiger charge is -2.26. The average Bonchev–Trinajstić information content (AvgIpc) is 2.87. The summed E-state index contributed by atoms with van der Waals surface area (Å²) in [5.41, 5.74) is 6.37. The van der Waals surface area contributed by atoms with Gasteiger partial charge in [0, 0.05) is 19.1 Å². The van der Waals surface area contributed by atoms with Crippen molar-refractivity contribution in [3.05, 3.63) is 35.9 Å². The van der Waals surface area contributed by atoms with Gasteiger partial charge in [-0.05, 0) is 45.2 Å². The van der Waals surface area contributed by atoms with E-state index in [1.165, 1.54) is 5.56 Å². The van der Waals surface area contributed by atoms with Gasteiger partial charge in [0.25, 0.3) is 0 Å². The number of benzene rings is 1. The van der Waals surface area contributed by atoms with E-state index in [1.807, 2.05) is 6.07 Å². The summed E-state index contributed by atoms with van der Waals surface area (Å²) in [6.45, 7) is 8.67. The van der Waals surface area contributed by atoms with Crippen molar-refractivity contribution in [3.8, 4) is 0 Å². The van der Waals surface area contributed by atoms with Crippen LogP contribution in [0, 0.1) is 5.92 Å². The zero-order valence-electron chi connectivity index (χ0n) is 13.7. The lowest BCUT2D eigenvalue weighted by Crippen LogP contribution is -2.53. The highest BCUT2D eigenvalue weighted by atomic mass is 35.5. The normalized spacial score (nSPS) is 20.3. The van der Waals surface area contributed by atoms with Crippen molar-refractivity contribution >= 4 is 18.3 Å². The quantitative estimate of drug-likeness (QED) is 0.872. The van der Waals surface area contributed by atoms with Gasteiger partial charge in [0.15, 0.2) is 0 Å². The fourth-order valence-electron chi connectivity index (χ4n) is 2.77. The fourth-order valence-corrected chi connectivity index (χ4v) is 2.77. The van der Waals surface area contributed by atoms with E-state index >= 15 is 0 Å². The van der Waals surface area contributed by atoms with Gasteiger partial charge in [0.1, 0.15) is 0 Å². The fraction of sp³-hybridized carbons (Fsp3) is 0.588. The Hall–Kier alpha value is -1.10. The molecule has 22 heavy (non-hydrogen) atoms. The molecule has 1 fully saturated rings. The predicted octanol–water partition coefficient (Wildman–Crippen LogP) is 2.17. The Morgan fingerprint density at radius 2 is 2.05 bits per heavy atom. The molecule has 0 saturated carbocycles. The lowest BCUT2D eigenvalue weighted by atomic mass is 9.98. The second-order valence-corrected chi connectivity index (χ2v) is 6.75. The first-order valence-corrected chi connectivity index (χ1v) is 7.72. The van der Waals surface area contributed by atoms with Gasteiger partial charge in [0.2, 0.25) is 5.91 Å². The molecule has 0 aliphatic carbocycles. The molecular weight excluding hydrogens is 298 g/mol. The number of nitrogens with two attached hydrogens (primary N) is 1. The zero-order valence-corrected chi connectivity index (χ0v) is 14.5. The van der Waals surface area contributed by atoms with Crippen molar-refractivity contribution < 1.29 is 4.79 Å². The summed E-state index contributed by atoms with van der Waals surface area (Å²) in [7, 11) is 0. The predicted molar refractivity (Wildman–Crippen MR) is 92.9 cm³/mol. The molecule has 0 spiro atoms. The van der Waals surface area contributed by atoms with Crippen LogP contribution in [0.3, 0.4) is 0 Å². The van der Waals surface area contributed by atoms with Crippen molar-refractivity contribution in [2.45, 2.75) is 45.3 Å². The van der Waals surface area contributed by atoms with Crippen LogP contribution in [0.5, 0.6) is 0 Å². The molecule has 124 valence electrons. The molecular formula is C17H28ClN3O. The first-order valence-electron chi connectivity index (χ1n) is 7.72. The van der Waals surface area contributed by atoms with Crippen LogP contribution in [0.4, 0.5) is 0 Å². The van der Waals surface area contributed by atoms with Gasteiger partial charge in [-0.1, -0.05) is 30.3 Å². The Balaban J connectivity index is 0.00000242. The largest absolute Gasteiger partial charge is 0.352 e. The van der Waals surface area contributed by atoms with Gasteiger partial charge in [-0.3, -0.25) is 9.69 Å². The molecule has 1 heterocycles. The first-order chi connectivity index (χ1) is 9.86. The number of carbonyl (C=O) groups is 1. The number of hydrogen-bond acceptors (Lipinski definition) is 3. The maximum absolute atomic E-state index is 12.0. The second kappa shape index (κ2) is 7.95.